The largest absolute Gasteiger partial charge is 0.385 e. The molecule has 4 heteroatoms. The van der Waals surface area contributed by atoms with Crippen LogP contribution in [0.2, 0.25) is 0 Å². The third-order valence-electron chi connectivity index (χ3n) is 2.77. The minimum absolute atomic E-state index is 0.483. The van der Waals surface area contributed by atoms with Crippen molar-refractivity contribution >= 4 is 5.82 Å². The minimum atomic E-state index is 0.483. The first kappa shape index (κ1) is 14.9. The Labute approximate surface area is 110 Å². The number of nitrogens with zero attached hydrogens (tertiary/aromatic N) is 2. The fraction of sp³-hybridized carbons (Fsp3) is 0.643. The van der Waals surface area contributed by atoms with Crippen LogP contribution < -0.4 is 10.2 Å². The van der Waals surface area contributed by atoms with Crippen molar-refractivity contribution in [1.82, 2.24) is 10.3 Å². The number of hydrogen-bond acceptors (Lipinski definition) is 4. The van der Waals surface area contributed by atoms with E-state index in [0.29, 0.717) is 6.04 Å². The molecular weight excluding hydrogens is 226 g/mol. The predicted molar refractivity (Wildman–Crippen MR) is 76.0 cm³/mol. The zero-order valence-electron chi connectivity index (χ0n) is 11.9. The lowest BCUT2D eigenvalue weighted by Gasteiger charge is -2.21. The van der Waals surface area contributed by atoms with Gasteiger partial charge in [0.15, 0.2) is 0 Å². The van der Waals surface area contributed by atoms with Crippen LogP contribution in [0, 0.1) is 0 Å². The number of anilines is 1. The molecule has 0 unspecified atom stereocenters. The molecule has 0 saturated carbocycles. The van der Waals surface area contributed by atoms with Crippen LogP contribution in [0.1, 0.15) is 25.8 Å². The van der Waals surface area contributed by atoms with Gasteiger partial charge in [0, 0.05) is 51.7 Å². The van der Waals surface area contributed by atoms with Gasteiger partial charge in [-0.1, -0.05) is 19.9 Å². The van der Waals surface area contributed by atoms with Gasteiger partial charge in [0.1, 0.15) is 5.82 Å². The van der Waals surface area contributed by atoms with Gasteiger partial charge in [-0.25, -0.2) is 4.98 Å². The first-order valence-corrected chi connectivity index (χ1v) is 6.52. The molecular formula is C14H25N3O. The van der Waals surface area contributed by atoms with Gasteiger partial charge in [0.2, 0.25) is 0 Å². The number of aromatic nitrogens is 1. The highest BCUT2D eigenvalue weighted by atomic mass is 16.5. The van der Waals surface area contributed by atoms with E-state index in [4.69, 9.17) is 4.74 Å². The van der Waals surface area contributed by atoms with Crippen LogP contribution in [0.4, 0.5) is 5.82 Å². The molecule has 0 spiro atoms. The average molecular weight is 251 g/mol. The molecule has 18 heavy (non-hydrogen) atoms. The molecule has 0 atom stereocenters. The van der Waals surface area contributed by atoms with E-state index in [2.05, 4.69) is 42.2 Å². The lowest BCUT2D eigenvalue weighted by molar-refractivity contribution is 0.196. The molecule has 1 aromatic heterocycles. The second-order valence-corrected chi connectivity index (χ2v) is 4.79. The van der Waals surface area contributed by atoms with E-state index in [-0.39, 0.29) is 0 Å². The summed E-state index contributed by atoms with van der Waals surface area (Å²) in [5.74, 6) is 1.06. The van der Waals surface area contributed by atoms with Gasteiger partial charge in [0.25, 0.3) is 0 Å². The Morgan fingerprint density at radius 2 is 2.22 bits per heavy atom. The van der Waals surface area contributed by atoms with Gasteiger partial charge in [0.05, 0.1) is 0 Å². The zero-order valence-corrected chi connectivity index (χ0v) is 11.9. The standard InChI is InChI=1S/C14H25N3O/c1-12(2)16-11-13-7-5-8-15-14(13)17(3)9-6-10-18-4/h5,7-8,12,16H,6,9-11H2,1-4H3. The van der Waals surface area contributed by atoms with E-state index < -0.39 is 0 Å². The Bertz CT molecular complexity index is 342. The van der Waals surface area contributed by atoms with Gasteiger partial charge < -0.3 is 15.0 Å². The Hall–Kier alpha value is -1.13. The Kier molecular flexibility index (Phi) is 6.68. The van der Waals surface area contributed by atoms with E-state index >= 15 is 0 Å². The van der Waals surface area contributed by atoms with Gasteiger partial charge in [-0.05, 0) is 12.5 Å². The van der Waals surface area contributed by atoms with Crippen molar-refractivity contribution in [2.24, 2.45) is 0 Å². The Morgan fingerprint density at radius 1 is 1.44 bits per heavy atom. The van der Waals surface area contributed by atoms with Gasteiger partial charge in [-0.3, -0.25) is 0 Å². The summed E-state index contributed by atoms with van der Waals surface area (Å²) in [6.45, 7) is 6.91. The van der Waals surface area contributed by atoms with Crippen molar-refractivity contribution < 1.29 is 4.74 Å². The maximum Gasteiger partial charge on any atom is 0.132 e. The summed E-state index contributed by atoms with van der Waals surface area (Å²) < 4.78 is 5.08. The fourth-order valence-electron chi connectivity index (χ4n) is 1.78. The second kappa shape index (κ2) is 8.06. The molecule has 102 valence electrons. The van der Waals surface area contributed by atoms with E-state index in [1.807, 2.05) is 12.3 Å². The number of rotatable bonds is 8. The zero-order chi connectivity index (χ0) is 13.4. The monoisotopic (exact) mass is 251 g/mol. The summed E-state index contributed by atoms with van der Waals surface area (Å²) in [4.78, 5) is 6.67. The maximum absolute atomic E-state index is 5.08. The van der Waals surface area contributed by atoms with E-state index in [0.717, 1.165) is 31.9 Å². The van der Waals surface area contributed by atoms with Crippen LogP contribution in [0.5, 0.6) is 0 Å². The smallest absolute Gasteiger partial charge is 0.132 e. The third kappa shape index (κ3) is 5.02. The number of hydrogen-bond donors (Lipinski definition) is 1. The van der Waals surface area contributed by atoms with Gasteiger partial charge >= 0.3 is 0 Å². The molecule has 0 bridgehead atoms. The quantitative estimate of drug-likeness (QED) is 0.718. The van der Waals surface area contributed by atoms with Crippen molar-refractivity contribution in [2.45, 2.75) is 32.9 Å². The first-order valence-electron chi connectivity index (χ1n) is 6.52. The van der Waals surface area contributed by atoms with E-state index in [9.17, 15) is 0 Å². The fourth-order valence-corrected chi connectivity index (χ4v) is 1.78. The van der Waals surface area contributed by atoms with Crippen LogP contribution in [0.25, 0.3) is 0 Å². The molecule has 1 heterocycles. The van der Waals surface area contributed by atoms with Crippen molar-refractivity contribution in [3.63, 3.8) is 0 Å². The van der Waals surface area contributed by atoms with Crippen molar-refractivity contribution in [3.8, 4) is 0 Å². The maximum atomic E-state index is 5.08. The normalized spacial score (nSPS) is 10.9. The molecule has 0 radical (unpaired) electrons. The summed E-state index contributed by atoms with van der Waals surface area (Å²) in [5.41, 5.74) is 1.24. The van der Waals surface area contributed by atoms with Crippen LogP contribution in [0.15, 0.2) is 18.3 Å². The van der Waals surface area contributed by atoms with Crippen LogP contribution in [0.3, 0.4) is 0 Å². The molecule has 0 fully saturated rings. The molecule has 0 saturated heterocycles. The molecule has 1 rings (SSSR count). The van der Waals surface area contributed by atoms with E-state index in [1.165, 1.54) is 5.56 Å². The summed E-state index contributed by atoms with van der Waals surface area (Å²) in [7, 11) is 3.82. The van der Waals surface area contributed by atoms with Crippen molar-refractivity contribution in [2.75, 3.05) is 32.2 Å². The van der Waals surface area contributed by atoms with Crippen LogP contribution >= 0.6 is 0 Å². The lowest BCUT2D eigenvalue weighted by Crippen LogP contribution is -2.26. The molecule has 0 amide bonds. The van der Waals surface area contributed by atoms with Crippen molar-refractivity contribution in [3.05, 3.63) is 23.9 Å². The van der Waals surface area contributed by atoms with E-state index in [1.54, 1.807) is 7.11 Å². The molecule has 0 aliphatic heterocycles. The van der Waals surface area contributed by atoms with Crippen molar-refractivity contribution in [1.29, 1.82) is 0 Å². The molecule has 0 aromatic carbocycles. The first-order chi connectivity index (χ1) is 8.65. The minimum Gasteiger partial charge on any atom is -0.385 e. The highest BCUT2D eigenvalue weighted by molar-refractivity contribution is 5.45. The number of methoxy groups -OCH3 is 1. The Balaban J connectivity index is 2.62. The van der Waals surface area contributed by atoms with Gasteiger partial charge in [-0.2, -0.15) is 0 Å². The molecule has 1 N–H and O–H groups in total. The molecule has 0 aliphatic carbocycles. The summed E-state index contributed by atoms with van der Waals surface area (Å²) >= 11 is 0. The predicted octanol–water partition coefficient (Wildman–Crippen LogP) is 2.05. The van der Waals surface area contributed by atoms with Gasteiger partial charge in [-0.15, -0.1) is 0 Å². The highest BCUT2D eigenvalue weighted by Gasteiger charge is 2.08. The lowest BCUT2D eigenvalue weighted by atomic mass is 10.2. The summed E-state index contributed by atoms with van der Waals surface area (Å²) in [5, 5.41) is 3.43. The Morgan fingerprint density at radius 3 is 2.89 bits per heavy atom. The molecule has 4 nitrogen and oxygen atoms in total. The number of pyridine rings is 1. The third-order valence-corrected chi connectivity index (χ3v) is 2.77. The summed E-state index contributed by atoms with van der Waals surface area (Å²) in [6.07, 6.45) is 2.86. The molecule has 1 aromatic rings. The number of ether oxygens (including phenoxy) is 1. The SMILES string of the molecule is COCCCN(C)c1ncccc1CNC(C)C. The van der Waals surface area contributed by atoms with Crippen LogP contribution in [-0.2, 0) is 11.3 Å². The highest BCUT2D eigenvalue weighted by Crippen LogP contribution is 2.15. The summed E-state index contributed by atoms with van der Waals surface area (Å²) in [6, 6.07) is 4.60. The molecule has 0 aliphatic rings. The average Bonchev–Trinajstić information content (AvgIpc) is 2.37. The second-order valence-electron chi connectivity index (χ2n) is 4.79. The van der Waals surface area contributed by atoms with Crippen LogP contribution in [-0.4, -0.2) is 38.3 Å². The number of nitrogens with one attached hydrogen (secondary N) is 1. The topological polar surface area (TPSA) is 37.4 Å².